The second kappa shape index (κ2) is 12.5. The molecule has 3 rings (SSSR count). The van der Waals surface area contributed by atoms with E-state index in [-0.39, 0.29) is 23.2 Å². The molecule has 2 aromatic carbocycles. The summed E-state index contributed by atoms with van der Waals surface area (Å²) in [4.78, 5) is 30.8. The standard InChI is InChI=1S/C25H27ClF3N3O3S/c1-3-4-5-6-13-35-18-10-7-16(8-11-18)30-23(34)21-15-22(33)32(2)24(36-21)31-17-9-12-20(26)19(14-17)25(27,28)29/h7-12,14,21H,3-6,13,15H2,1-2H3,(H,30,34). The smallest absolute Gasteiger partial charge is 0.417 e. The maximum absolute atomic E-state index is 13.2. The number of anilines is 1. The molecule has 36 heavy (non-hydrogen) atoms. The summed E-state index contributed by atoms with van der Waals surface area (Å²) in [6.07, 6.45) is -0.294. The highest BCUT2D eigenvalue weighted by Crippen LogP contribution is 2.37. The molecule has 0 aromatic heterocycles. The van der Waals surface area contributed by atoms with E-state index in [4.69, 9.17) is 16.3 Å². The number of carbonyl (C=O) groups excluding carboxylic acids is 2. The number of carbonyl (C=O) groups is 2. The number of nitrogens with zero attached hydrogens (tertiary/aromatic N) is 2. The zero-order valence-electron chi connectivity index (χ0n) is 19.9. The number of aliphatic imine (C=N–C) groups is 1. The average molecular weight is 542 g/mol. The topological polar surface area (TPSA) is 71.0 Å². The number of unbranched alkanes of at least 4 members (excludes halogenated alkanes) is 3. The second-order valence-corrected chi connectivity index (χ2v) is 9.82. The van der Waals surface area contributed by atoms with E-state index in [2.05, 4.69) is 17.2 Å². The lowest BCUT2D eigenvalue weighted by molar-refractivity contribution is -0.137. The maximum atomic E-state index is 13.2. The maximum Gasteiger partial charge on any atom is 0.417 e. The van der Waals surface area contributed by atoms with Crippen molar-refractivity contribution in [2.75, 3.05) is 19.0 Å². The zero-order chi connectivity index (χ0) is 26.3. The third-order valence-electron chi connectivity index (χ3n) is 5.43. The van der Waals surface area contributed by atoms with Crippen LogP contribution >= 0.6 is 23.4 Å². The van der Waals surface area contributed by atoms with Gasteiger partial charge >= 0.3 is 6.18 Å². The lowest BCUT2D eigenvalue weighted by Crippen LogP contribution is -2.43. The van der Waals surface area contributed by atoms with Crippen LogP contribution in [0.1, 0.15) is 44.6 Å². The number of thioether (sulfide) groups is 1. The Morgan fingerprint density at radius 3 is 2.58 bits per heavy atom. The summed E-state index contributed by atoms with van der Waals surface area (Å²) in [6, 6.07) is 10.2. The summed E-state index contributed by atoms with van der Waals surface area (Å²) >= 11 is 6.68. The Hall–Kier alpha value is -2.72. The van der Waals surface area contributed by atoms with Crippen LogP contribution in [-0.2, 0) is 15.8 Å². The van der Waals surface area contributed by atoms with Gasteiger partial charge in [-0.25, -0.2) is 4.99 Å². The van der Waals surface area contributed by atoms with Crippen molar-refractivity contribution < 1.29 is 27.5 Å². The fourth-order valence-electron chi connectivity index (χ4n) is 3.38. The van der Waals surface area contributed by atoms with Crippen LogP contribution in [0.2, 0.25) is 5.02 Å². The number of ether oxygens (including phenoxy) is 1. The molecule has 1 aliphatic heterocycles. The van der Waals surface area contributed by atoms with Crippen LogP contribution in [0.3, 0.4) is 0 Å². The molecule has 0 bridgehead atoms. The van der Waals surface area contributed by atoms with E-state index in [9.17, 15) is 22.8 Å². The molecule has 1 saturated heterocycles. The van der Waals surface area contributed by atoms with Crippen molar-refractivity contribution in [2.24, 2.45) is 4.99 Å². The molecule has 1 heterocycles. The molecule has 1 unspecified atom stereocenters. The monoisotopic (exact) mass is 541 g/mol. The van der Waals surface area contributed by atoms with Crippen LogP contribution in [0, 0.1) is 0 Å². The minimum absolute atomic E-state index is 0.0276. The van der Waals surface area contributed by atoms with E-state index in [0.717, 1.165) is 43.2 Å². The van der Waals surface area contributed by atoms with Crippen LogP contribution < -0.4 is 10.1 Å². The fourth-order valence-corrected chi connectivity index (χ4v) is 4.67. The molecule has 1 aliphatic rings. The predicted molar refractivity (Wildman–Crippen MR) is 137 cm³/mol. The summed E-state index contributed by atoms with van der Waals surface area (Å²) in [5.74, 6) is -0.0806. The van der Waals surface area contributed by atoms with E-state index in [1.165, 1.54) is 24.4 Å². The first kappa shape index (κ1) is 27.9. The number of amides is 2. The highest BCUT2D eigenvalue weighted by Gasteiger charge is 2.35. The quantitative estimate of drug-likeness (QED) is 0.350. The van der Waals surface area contributed by atoms with Crippen molar-refractivity contribution in [3.05, 3.63) is 53.1 Å². The van der Waals surface area contributed by atoms with E-state index < -0.39 is 27.9 Å². The molecular formula is C25H27ClF3N3O3S. The molecule has 6 nitrogen and oxygen atoms in total. The number of amidine groups is 1. The van der Waals surface area contributed by atoms with Gasteiger partial charge in [0.2, 0.25) is 11.8 Å². The molecule has 0 radical (unpaired) electrons. The van der Waals surface area contributed by atoms with E-state index in [1.807, 2.05) is 0 Å². The Kier molecular flexibility index (Phi) is 9.67. The molecule has 1 atom stereocenters. The molecule has 0 saturated carbocycles. The predicted octanol–water partition coefficient (Wildman–Crippen LogP) is 6.91. The first-order valence-corrected chi connectivity index (χ1v) is 12.8. The number of halogens is 4. The van der Waals surface area contributed by atoms with Crippen molar-refractivity contribution in [2.45, 2.75) is 50.5 Å². The molecule has 2 aromatic rings. The summed E-state index contributed by atoms with van der Waals surface area (Å²) in [5.41, 5.74) is -0.514. The van der Waals surface area contributed by atoms with Crippen molar-refractivity contribution in [1.82, 2.24) is 4.90 Å². The van der Waals surface area contributed by atoms with Gasteiger partial charge in [-0.15, -0.1) is 0 Å². The fraction of sp³-hybridized carbons (Fsp3) is 0.400. The van der Waals surface area contributed by atoms with Gasteiger partial charge in [0.1, 0.15) is 11.0 Å². The summed E-state index contributed by atoms with van der Waals surface area (Å²) < 4.78 is 45.3. The first-order valence-electron chi connectivity index (χ1n) is 11.5. The van der Waals surface area contributed by atoms with Gasteiger partial charge in [0.15, 0.2) is 5.17 Å². The van der Waals surface area contributed by atoms with Crippen molar-refractivity contribution in [3.63, 3.8) is 0 Å². The third-order valence-corrected chi connectivity index (χ3v) is 7.00. The van der Waals surface area contributed by atoms with Crippen molar-refractivity contribution in [3.8, 4) is 5.75 Å². The van der Waals surface area contributed by atoms with Crippen LogP contribution in [0.25, 0.3) is 0 Å². The molecule has 0 aliphatic carbocycles. The Bertz CT molecular complexity index is 1110. The highest BCUT2D eigenvalue weighted by molar-refractivity contribution is 8.15. The highest BCUT2D eigenvalue weighted by atomic mass is 35.5. The van der Waals surface area contributed by atoms with Gasteiger partial charge in [0, 0.05) is 19.2 Å². The van der Waals surface area contributed by atoms with E-state index >= 15 is 0 Å². The number of hydrogen-bond acceptors (Lipinski definition) is 5. The van der Waals surface area contributed by atoms with Gasteiger partial charge in [-0.2, -0.15) is 13.2 Å². The summed E-state index contributed by atoms with van der Waals surface area (Å²) in [7, 11) is 1.46. The van der Waals surface area contributed by atoms with Crippen LogP contribution in [-0.4, -0.2) is 40.8 Å². The number of rotatable bonds is 9. The molecule has 1 N–H and O–H groups in total. The second-order valence-electron chi connectivity index (χ2n) is 8.24. The number of alkyl halides is 3. The molecular weight excluding hydrogens is 515 g/mol. The normalized spacial score (nSPS) is 17.4. The molecule has 1 fully saturated rings. The Labute approximate surface area is 217 Å². The minimum Gasteiger partial charge on any atom is -0.494 e. The Morgan fingerprint density at radius 2 is 1.92 bits per heavy atom. The van der Waals surface area contributed by atoms with Crippen LogP contribution in [0.15, 0.2) is 47.5 Å². The lowest BCUT2D eigenvalue weighted by atomic mass is 10.2. The number of benzene rings is 2. The zero-order valence-corrected chi connectivity index (χ0v) is 21.5. The van der Waals surface area contributed by atoms with Gasteiger partial charge < -0.3 is 10.1 Å². The molecule has 0 spiro atoms. The van der Waals surface area contributed by atoms with Crippen molar-refractivity contribution >= 4 is 51.7 Å². The van der Waals surface area contributed by atoms with Crippen LogP contribution in [0.5, 0.6) is 5.75 Å². The van der Waals surface area contributed by atoms with E-state index in [1.54, 1.807) is 24.3 Å². The summed E-state index contributed by atoms with van der Waals surface area (Å²) in [5, 5.41) is 1.65. The Morgan fingerprint density at radius 1 is 1.19 bits per heavy atom. The van der Waals surface area contributed by atoms with E-state index in [0.29, 0.717) is 18.0 Å². The van der Waals surface area contributed by atoms with Crippen molar-refractivity contribution in [1.29, 1.82) is 0 Å². The summed E-state index contributed by atoms with van der Waals surface area (Å²) in [6.45, 7) is 2.77. The molecule has 2 amide bonds. The lowest BCUT2D eigenvalue weighted by Gasteiger charge is -2.28. The van der Waals surface area contributed by atoms with Gasteiger partial charge in [-0.3, -0.25) is 14.5 Å². The number of hydrogen-bond donors (Lipinski definition) is 1. The van der Waals surface area contributed by atoms with Gasteiger partial charge in [0.05, 0.1) is 22.9 Å². The van der Waals surface area contributed by atoms with Gasteiger partial charge in [0.25, 0.3) is 0 Å². The largest absolute Gasteiger partial charge is 0.494 e. The Balaban J connectivity index is 1.66. The minimum atomic E-state index is -4.65. The first-order chi connectivity index (χ1) is 17.1. The van der Waals surface area contributed by atoms with Crippen LogP contribution in [0.4, 0.5) is 24.5 Å². The average Bonchev–Trinajstić information content (AvgIpc) is 2.83. The third kappa shape index (κ3) is 7.64. The SMILES string of the molecule is CCCCCCOc1ccc(NC(=O)C2CC(=O)N(C)C(=Nc3ccc(Cl)c(C(F)(F)F)c3)S2)cc1. The molecule has 194 valence electrons. The van der Waals surface area contributed by atoms with Gasteiger partial charge in [-0.1, -0.05) is 49.5 Å². The van der Waals surface area contributed by atoms with Gasteiger partial charge in [-0.05, 0) is 48.9 Å². The number of nitrogens with one attached hydrogen (secondary N) is 1. The molecule has 11 heteroatoms.